The smallest absolute Gasteiger partial charge is 0.309 e. The first-order chi connectivity index (χ1) is 6.09. The van der Waals surface area contributed by atoms with Crippen LogP contribution in [-0.4, -0.2) is 31.6 Å². The van der Waals surface area contributed by atoms with Gasteiger partial charge in [-0.3, -0.25) is 4.79 Å². The molecule has 3 unspecified atom stereocenters. The molecule has 0 aromatic rings. The number of nitrogens with one attached hydrogen (secondary N) is 1. The summed E-state index contributed by atoms with van der Waals surface area (Å²) in [5.41, 5.74) is 0. The molecule has 0 aromatic heterocycles. The van der Waals surface area contributed by atoms with Gasteiger partial charge in [-0.15, -0.1) is 0 Å². The van der Waals surface area contributed by atoms with Crippen molar-refractivity contribution in [3.8, 4) is 0 Å². The van der Waals surface area contributed by atoms with E-state index >= 15 is 0 Å². The molecule has 0 radical (unpaired) electrons. The van der Waals surface area contributed by atoms with Crippen molar-refractivity contribution in [2.24, 2.45) is 11.8 Å². The highest BCUT2D eigenvalue weighted by atomic mass is 19.3. The van der Waals surface area contributed by atoms with Gasteiger partial charge < -0.3 is 10.1 Å². The van der Waals surface area contributed by atoms with Gasteiger partial charge in [0.15, 0.2) is 0 Å². The Hall–Kier alpha value is -0.710. The lowest BCUT2D eigenvalue weighted by Crippen LogP contribution is -2.34. The summed E-state index contributed by atoms with van der Waals surface area (Å²) in [5.74, 6) is -4.68. The predicted molar refractivity (Wildman–Crippen MR) is 40.4 cm³/mol. The maximum absolute atomic E-state index is 13.0. The lowest BCUT2D eigenvalue weighted by Gasteiger charge is -2.17. The highest BCUT2D eigenvalue weighted by Crippen LogP contribution is 2.55. The van der Waals surface area contributed by atoms with Gasteiger partial charge in [0.2, 0.25) is 0 Å². The van der Waals surface area contributed by atoms with Gasteiger partial charge in [0.25, 0.3) is 5.92 Å². The fraction of sp³-hybridized carbons (Fsp3) is 0.875. The van der Waals surface area contributed by atoms with Gasteiger partial charge >= 0.3 is 5.97 Å². The van der Waals surface area contributed by atoms with Crippen LogP contribution in [0.15, 0.2) is 0 Å². The molecule has 1 aliphatic heterocycles. The number of rotatable bonds is 1. The van der Waals surface area contributed by atoms with Crippen molar-refractivity contribution in [2.75, 3.05) is 13.7 Å². The summed E-state index contributed by atoms with van der Waals surface area (Å²) in [6, 6.07) is -0.801. The van der Waals surface area contributed by atoms with E-state index in [0.717, 1.165) is 0 Å². The minimum absolute atomic E-state index is 0.448. The van der Waals surface area contributed by atoms with Crippen molar-refractivity contribution >= 4 is 5.97 Å². The zero-order valence-corrected chi connectivity index (χ0v) is 7.22. The number of hydrogen-bond acceptors (Lipinski definition) is 3. The fourth-order valence-electron chi connectivity index (χ4n) is 2.10. The Kier molecular flexibility index (Phi) is 1.80. The van der Waals surface area contributed by atoms with E-state index in [4.69, 9.17) is 0 Å². The molecule has 5 heteroatoms. The van der Waals surface area contributed by atoms with E-state index in [9.17, 15) is 13.6 Å². The quantitative estimate of drug-likeness (QED) is 0.610. The maximum atomic E-state index is 13.0. The summed E-state index contributed by atoms with van der Waals surface area (Å²) in [5, 5.41) is 2.70. The number of ether oxygens (including phenoxy) is 1. The first-order valence-electron chi connectivity index (χ1n) is 4.28. The van der Waals surface area contributed by atoms with Gasteiger partial charge in [-0.2, -0.15) is 0 Å². The molecule has 74 valence electrons. The van der Waals surface area contributed by atoms with Gasteiger partial charge in [-0.1, -0.05) is 0 Å². The van der Waals surface area contributed by atoms with E-state index in [1.54, 1.807) is 0 Å². The second-order valence-corrected chi connectivity index (χ2v) is 3.55. The average Bonchev–Trinajstić information content (AvgIpc) is 2.69. The molecule has 1 saturated carbocycles. The molecule has 2 fully saturated rings. The van der Waals surface area contributed by atoms with E-state index < -0.39 is 29.8 Å². The fourth-order valence-corrected chi connectivity index (χ4v) is 2.10. The SMILES string of the molecule is COC(=O)C1CCNC2C1C2(F)F. The number of methoxy groups -OCH3 is 1. The Labute approximate surface area is 74.4 Å². The summed E-state index contributed by atoms with van der Waals surface area (Å²) >= 11 is 0. The molecular formula is C8H11F2NO2. The predicted octanol–water partition coefficient (Wildman–Crippen LogP) is 0.403. The van der Waals surface area contributed by atoms with Gasteiger partial charge in [-0.05, 0) is 13.0 Å². The second kappa shape index (κ2) is 2.64. The number of piperidine rings is 1. The molecule has 0 spiro atoms. The summed E-state index contributed by atoms with van der Waals surface area (Å²) in [4.78, 5) is 11.1. The normalized spacial score (nSPS) is 40.7. The van der Waals surface area contributed by atoms with Crippen molar-refractivity contribution in [1.82, 2.24) is 5.32 Å². The minimum atomic E-state index is -2.71. The number of halogens is 2. The van der Waals surface area contributed by atoms with E-state index in [0.29, 0.717) is 13.0 Å². The average molecular weight is 191 g/mol. The number of fused-ring (bicyclic) bond motifs is 1. The van der Waals surface area contributed by atoms with E-state index in [2.05, 4.69) is 10.1 Å². The summed E-state index contributed by atoms with van der Waals surface area (Å²) in [6.45, 7) is 0.469. The number of esters is 1. The van der Waals surface area contributed by atoms with Gasteiger partial charge in [-0.25, -0.2) is 8.78 Å². The number of carbonyl (C=O) groups excluding carboxylic acids is 1. The van der Waals surface area contributed by atoms with Crippen LogP contribution < -0.4 is 5.32 Å². The standard InChI is InChI=1S/C8H11F2NO2/c1-13-7(12)4-2-3-11-6-5(4)8(6,9)10/h4-6,11H,2-3H2,1H3. The minimum Gasteiger partial charge on any atom is -0.469 e. The first kappa shape index (κ1) is 8.87. The van der Waals surface area contributed by atoms with Crippen molar-refractivity contribution in [1.29, 1.82) is 0 Å². The number of alkyl halides is 2. The molecule has 2 aliphatic rings. The van der Waals surface area contributed by atoms with E-state index in [1.807, 2.05) is 0 Å². The molecule has 13 heavy (non-hydrogen) atoms. The van der Waals surface area contributed by atoms with Crippen LogP contribution in [-0.2, 0) is 9.53 Å². The molecule has 0 bridgehead atoms. The molecule has 1 N–H and O–H groups in total. The molecule has 1 heterocycles. The van der Waals surface area contributed by atoms with Crippen molar-refractivity contribution in [3.05, 3.63) is 0 Å². The summed E-state index contributed by atoms with van der Waals surface area (Å²) < 4.78 is 30.4. The van der Waals surface area contributed by atoms with Crippen LogP contribution in [0.25, 0.3) is 0 Å². The van der Waals surface area contributed by atoms with Crippen LogP contribution in [0.1, 0.15) is 6.42 Å². The Morgan fingerprint density at radius 1 is 1.62 bits per heavy atom. The summed E-state index contributed by atoms with van der Waals surface area (Å²) in [6.07, 6.45) is 0.448. The van der Waals surface area contributed by atoms with Gasteiger partial charge in [0, 0.05) is 0 Å². The van der Waals surface area contributed by atoms with Crippen LogP contribution in [0.5, 0.6) is 0 Å². The third-order valence-corrected chi connectivity index (χ3v) is 2.87. The highest BCUT2D eigenvalue weighted by Gasteiger charge is 2.73. The topological polar surface area (TPSA) is 38.3 Å². The van der Waals surface area contributed by atoms with Crippen LogP contribution in [0.3, 0.4) is 0 Å². The lowest BCUT2D eigenvalue weighted by atomic mass is 9.97. The lowest BCUT2D eigenvalue weighted by molar-refractivity contribution is -0.147. The monoisotopic (exact) mass is 191 g/mol. The van der Waals surface area contributed by atoms with Crippen LogP contribution >= 0.6 is 0 Å². The highest BCUT2D eigenvalue weighted by molar-refractivity contribution is 5.74. The van der Waals surface area contributed by atoms with Crippen molar-refractivity contribution in [3.63, 3.8) is 0 Å². The van der Waals surface area contributed by atoms with Crippen molar-refractivity contribution < 1.29 is 18.3 Å². The zero-order valence-electron chi connectivity index (χ0n) is 7.22. The van der Waals surface area contributed by atoms with E-state index in [1.165, 1.54) is 7.11 Å². The molecule has 0 aromatic carbocycles. The number of hydrogen-bond donors (Lipinski definition) is 1. The molecule has 0 amide bonds. The Balaban J connectivity index is 2.10. The zero-order chi connectivity index (χ0) is 9.64. The molecule has 3 nitrogen and oxygen atoms in total. The van der Waals surface area contributed by atoms with Crippen LogP contribution in [0, 0.1) is 11.8 Å². The van der Waals surface area contributed by atoms with Crippen molar-refractivity contribution in [2.45, 2.75) is 18.4 Å². The molecule has 3 atom stereocenters. The van der Waals surface area contributed by atoms with Crippen LogP contribution in [0.4, 0.5) is 8.78 Å². The van der Waals surface area contributed by atoms with Gasteiger partial charge in [0.05, 0.1) is 25.0 Å². The van der Waals surface area contributed by atoms with Crippen LogP contribution in [0.2, 0.25) is 0 Å². The van der Waals surface area contributed by atoms with E-state index in [-0.39, 0.29) is 0 Å². The largest absolute Gasteiger partial charge is 0.469 e. The third-order valence-electron chi connectivity index (χ3n) is 2.87. The number of carbonyl (C=O) groups is 1. The van der Waals surface area contributed by atoms with Gasteiger partial charge in [0.1, 0.15) is 0 Å². The molecule has 1 aliphatic carbocycles. The Bertz CT molecular complexity index is 244. The summed E-state index contributed by atoms with van der Waals surface area (Å²) in [7, 11) is 1.24. The Morgan fingerprint density at radius 3 is 2.92 bits per heavy atom. The molecular weight excluding hydrogens is 180 g/mol. The molecule has 1 saturated heterocycles. The second-order valence-electron chi connectivity index (χ2n) is 3.55. The third kappa shape index (κ3) is 1.14. The molecule has 2 rings (SSSR count). The first-order valence-corrected chi connectivity index (χ1v) is 4.28. The Morgan fingerprint density at radius 2 is 2.31 bits per heavy atom. The maximum Gasteiger partial charge on any atom is 0.309 e.